The normalized spacial score (nSPS) is 10.3. The molecule has 0 saturated heterocycles. The fraction of sp³-hybridized carbons (Fsp3) is 0.150. The van der Waals surface area contributed by atoms with Crippen LogP contribution in [-0.2, 0) is 4.74 Å². The summed E-state index contributed by atoms with van der Waals surface area (Å²) in [6.07, 6.45) is 0. The number of thiazole rings is 1. The number of nitrogens with zero attached hydrogens (tertiary/aromatic N) is 1. The van der Waals surface area contributed by atoms with E-state index in [9.17, 15) is 9.59 Å². The largest absolute Gasteiger partial charge is 0.497 e. The van der Waals surface area contributed by atoms with E-state index in [0.29, 0.717) is 17.0 Å². The average molecular weight is 382 g/mol. The number of benzene rings is 2. The minimum Gasteiger partial charge on any atom is -0.497 e. The summed E-state index contributed by atoms with van der Waals surface area (Å²) in [5, 5.41) is 5.63. The maximum atomic E-state index is 12.6. The molecule has 0 fully saturated rings. The number of hydrogen-bond acceptors (Lipinski definition) is 6. The molecule has 6 nitrogen and oxygen atoms in total. The third-order valence-corrected chi connectivity index (χ3v) is 4.90. The lowest BCUT2D eigenvalue weighted by molar-refractivity contribution is 0.0601. The molecule has 0 unspecified atom stereocenters. The van der Waals surface area contributed by atoms with Crippen LogP contribution in [0.2, 0.25) is 0 Å². The Morgan fingerprint density at radius 1 is 1.07 bits per heavy atom. The number of ether oxygens (including phenoxy) is 2. The summed E-state index contributed by atoms with van der Waals surface area (Å²) in [6.45, 7) is 1.94. The van der Waals surface area contributed by atoms with Crippen LogP contribution >= 0.6 is 11.3 Å². The molecule has 1 heterocycles. The van der Waals surface area contributed by atoms with Crippen LogP contribution in [0.25, 0.3) is 10.6 Å². The topological polar surface area (TPSA) is 77.5 Å². The zero-order valence-corrected chi connectivity index (χ0v) is 15.9. The van der Waals surface area contributed by atoms with Crippen molar-refractivity contribution in [1.82, 2.24) is 4.98 Å². The highest BCUT2D eigenvalue weighted by Gasteiger charge is 2.16. The number of esters is 1. The minimum absolute atomic E-state index is 0.222. The SMILES string of the molecule is COC(=O)c1cc(OC)ccc1NC(=O)c1ccc(-c2nc(C)cs2)cc1. The summed E-state index contributed by atoms with van der Waals surface area (Å²) in [5.41, 5.74) is 2.96. The molecule has 0 aliphatic carbocycles. The number of anilines is 1. The van der Waals surface area contributed by atoms with Gasteiger partial charge in [-0.3, -0.25) is 4.79 Å². The average Bonchev–Trinajstić information content (AvgIpc) is 3.14. The number of carbonyl (C=O) groups excluding carboxylic acids is 2. The van der Waals surface area contributed by atoms with Gasteiger partial charge in [0.1, 0.15) is 10.8 Å². The number of methoxy groups -OCH3 is 2. The maximum Gasteiger partial charge on any atom is 0.340 e. The van der Waals surface area contributed by atoms with Gasteiger partial charge in [0.05, 0.1) is 25.5 Å². The monoisotopic (exact) mass is 382 g/mol. The van der Waals surface area contributed by atoms with Crippen molar-refractivity contribution in [1.29, 1.82) is 0 Å². The Hall–Kier alpha value is -3.19. The van der Waals surface area contributed by atoms with E-state index in [4.69, 9.17) is 9.47 Å². The number of hydrogen-bond donors (Lipinski definition) is 1. The zero-order chi connectivity index (χ0) is 19.4. The van der Waals surface area contributed by atoms with Crippen LogP contribution in [0, 0.1) is 6.92 Å². The van der Waals surface area contributed by atoms with Gasteiger partial charge in [-0.05, 0) is 37.3 Å². The number of carbonyl (C=O) groups is 2. The fourth-order valence-electron chi connectivity index (χ4n) is 2.48. The van der Waals surface area contributed by atoms with Crippen LogP contribution in [-0.4, -0.2) is 31.1 Å². The van der Waals surface area contributed by atoms with E-state index < -0.39 is 5.97 Å². The van der Waals surface area contributed by atoms with Crippen molar-refractivity contribution in [2.75, 3.05) is 19.5 Å². The van der Waals surface area contributed by atoms with E-state index in [2.05, 4.69) is 10.3 Å². The first-order valence-corrected chi connectivity index (χ1v) is 9.00. The molecule has 1 amide bonds. The predicted molar refractivity (Wildman–Crippen MR) is 105 cm³/mol. The van der Waals surface area contributed by atoms with Crippen molar-refractivity contribution in [3.63, 3.8) is 0 Å². The van der Waals surface area contributed by atoms with Crippen LogP contribution in [0.5, 0.6) is 5.75 Å². The highest BCUT2D eigenvalue weighted by atomic mass is 32.1. The highest BCUT2D eigenvalue weighted by Crippen LogP contribution is 2.25. The summed E-state index contributed by atoms with van der Waals surface area (Å²) in [6, 6.07) is 11.9. The molecular formula is C20H18N2O4S. The van der Waals surface area contributed by atoms with Gasteiger partial charge in [-0.15, -0.1) is 11.3 Å². The quantitative estimate of drug-likeness (QED) is 0.670. The molecule has 1 aromatic heterocycles. The van der Waals surface area contributed by atoms with Crippen molar-refractivity contribution in [2.24, 2.45) is 0 Å². The number of aryl methyl sites for hydroxylation is 1. The molecule has 0 atom stereocenters. The van der Waals surface area contributed by atoms with E-state index in [1.807, 2.05) is 24.4 Å². The van der Waals surface area contributed by atoms with Crippen molar-refractivity contribution >= 4 is 28.9 Å². The summed E-state index contributed by atoms with van der Waals surface area (Å²) in [5.74, 6) is -0.387. The van der Waals surface area contributed by atoms with Gasteiger partial charge in [0.25, 0.3) is 5.91 Å². The molecule has 0 bridgehead atoms. The predicted octanol–water partition coefficient (Wildman–Crippen LogP) is 4.17. The van der Waals surface area contributed by atoms with E-state index in [1.54, 1.807) is 35.6 Å². The van der Waals surface area contributed by atoms with Crippen LogP contribution < -0.4 is 10.1 Å². The first kappa shape index (κ1) is 18.6. The van der Waals surface area contributed by atoms with Gasteiger partial charge in [-0.1, -0.05) is 12.1 Å². The second-order valence-corrected chi connectivity index (χ2v) is 6.59. The van der Waals surface area contributed by atoms with Crippen molar-refractivity contribution in [3.8, 4) is 16.3 Å². The molecule has 0 radical (unpaired) electrons. The number of aromatic nitrogens is 1. The fourth-order valence-corrected chi connectivity index (χ4v) is 3.29. The Labute approximate surface area is 160 Å². The molecule has 0 spiro atoms. The summed E-state index contributed by atoms with van der Waals surface area (Å²) >= 11 is 1.56. The van der Waals surface area contributed by atoms with Gasteiger partial charge in [-0.2, -0.15) is 0 Å². The molecule has 0 aliphatic rings. The number of amides is 1. The Morgan fingerprint density at radius 3 is 2.41 bits per heavy atom. The smallest absolute Gasteiger partial charge is 0.340 e. The molecule has 0 saturated carbocycles. The number of nitrogens with one attached hydrogen (secondary N) is 1. The summed E-state index contributed by atoms with van der Waals surface area (Å²) in [7, 11) is 2.78. The summed E-state index contributed by atoms with van der Waals surface area (Å²) < 4.78 is 9.90. The molecule has 7 heteroatoms. The molecule has 2 aromatic carbocycles. The lowest BCUT2D eigenvalue weighted by Gasteiger charge is -2.11. The van der Waals surface area contributed by atoms with Gasteiger partial charge < -0.3 is 14.8 Å². The third kappa shape index (κ3) is 4.15. The Kier molecular flexibility index (Phi) is 5.52. The van der Waals surface area contributed by atoms with Gasteiger partial charge in [-0.25, -0.2) is 9.78 Å². The molecule has 1 N–H and O–H groups in total. The van der Waals surface area contributed by atoms with E-state index in [-0.39, 0.29) is 11.5 Å². The Morgan fingerprint density at radius 2 is 1.81 bits per heavy atom. The molecule has 27 heavy (non-hydrogen) atoms. The molecule has 0 aliphatic heterocycles. The molecular weight excluding hydrogens is 364 g/mol. The van der Waals surface area contributed by atoms with Gasteiger partial charge >= 0.3 is 5.97 Å². The van der Waals surface area contributed by atoms with E-state index >= 15 is 0 Å². The standard InChI is InChI=1S/C20H18N2O4S/c1-12-11-27-19(21-12)14-6-4-13(5-7-14)18(23)22-17-9-8-15(25-2)10-16(17)20(24)26-3/h4-11H,1-3H3,(H,22,23). The van der Waals surface area contributed by atoms with Crippen LogP contribution in [0.3, 0.4) is 0 Å². The Balaban J connectivity index is 1.82. The van der Waals surface area contributed by atoms with Gasteiger partial charge in [0.2, 0.25) is 0 Å². The molecule has 3 rings (SSSR count). The summed E-state index contributed by atoms with van der Waals surface area (Å²) in [4.78, 5) is 29.0. The lowest BCUT2D eigenvalue weighted by Crippen LogP contribution is -2.15. The second kappa shape index (κ2) is 8.01. The van der Waals surface area contributed by atoms with Crippen LogP contribution in [0.4, 0.5) is 5.69 Å². The van der Waals surface area contributed by atoms with Crippen LogP contribution in [0.1, 0.15) is 26.4 Å². The molecule has 138 valence electrons. The van der Waals surface area contributed by atoms with Crippen molar-refractivity contribution < 1.29 is 19.1 Å². The van der Waals surface area contributed by atoms with Gasteiger partial charge in [0, 0.05) is 22.2 Å². The Bertz CT molecular complexity index is 980. The van der Waals surface area contributed by atoms with Crippen molar-refractivity contribution in [3.05, 3.63) is 64.7 Å². The second-order valence-electron chi connectivity index (χ2n) is 5.73. The third-order valence-electron chi connectivity index (χ3n) is 3.89. The first-order chi connectivity index (χ1) is 13.0. The lowest BCUT2D eigenvalue weighted by atomic mass is 10.1. The van der Waals surface area contributed by atoms with Crippen LogP contribution in [0.15, 0.2) is 47.8 Å². The van der Waals surface area contributed by atoms with Gasteiger partial charge in [0.15, 0.2) is 0 Å². The van der Waals surface area contributed by atoms with E-state index in [1.165, 1.54) is 20.3 Å². The minimum atomic E-state index is -0.557. The number of rotatable bonds is 5. The van der Waals surface area contributed by atoms with E-state index in [0.717, 1.165) is 16.3 Å². The maximum absolute atomic E-state index is 12.6. The molecule has 3 aromatic rings. The van der Waals surface area contributed by atoms with Crippen molar-refractivity contribution in [2.45, 2.75) is 6.92 Å². The first-order valence-electron chi connectivity index (χ1n) is 8.12. The highest BCUT2D eigenvalue weighted by molar-refractivity contribution is 7.13. The zero-order valence-electron chi connectivity index (χ0n) is 15.1.